The number of nitrogens with one attached hydrogen (secondary N) is 1. The first-order valence-electron chi connectivity index (χ1n) is 12.8. The fraction of sp³-hybridized carbons (Fsp3) is 0.296. The van der Waals surface area contributed by atoms with Crippen molar-refractivity contribution >= 4 is 57.2 Å². The van der Waals surface area contributed by atoms with E-state index in [-0.39, 0.29) is 6.79 Å². The lowest BCUT2D eigenvalue weighted by Gasteiger charge is -2.36. The maximum absolute atomic E-state index is 9.85. The van der Waals surface area contributed by atoms with E-state index in [9.17, 15) is 9.59 Å². The van der Waals surface area contributed by atoms with Crippen LogP contribution in [0.5, 0.6) is 11.5 Å². The van der Waals surface area contributed by atoms with Crippen LogP contribution in [0.1, 0.15) is 12.0 Å². The number of furan rings is 1. The molecule has 0 bridgehead atoms. The number of hydrogen-bond acceptors (Lipinski definition) is 10. The van der Waals surface area contributed by atoms with E-state index in [2.05, 4.69) is 25.1 Å². The van der Waals surface area contributed by atoms with Gasteiger partial charge in [-0.25, -0.2) is 9.97 Å². The number of hydrogen-bond donors (Lipinski definition) is 4. The third kappa shape index (κ3) is 6.39. The lowest BCUT2D eigenvalue weighted by atomic mass is 10.2. The van der Waals surface area contributed by atoms with Crippen molar-refractivity contribution in [3.05, 3.63) is 54.4 Å². The fourth-order valence-electron chi connectivity index (χ4n) is 4.47. The van der Waals surface area contributed by atoms with Gasteiger partial charge in [-0.15, -0.1) is 0 Å². The minimum Gasteiger partial charge on any atom is -0.481 e. The van der Waals surface area contributed by atoms with E-state index < -0.39 is 24.4 Å². The minimum absolute atomic E-state index is 0.279. The van der Waals surface area contributed by atoms with Gasteiger partial charge in [0.25, 0.3) is 0 Å². The summed E-state index contributed by atoms with van der Waals surface area (Å²) in [7, 11) is 0. The van der Waals surface area contributed by atoms with Crippen molar-refractivity contribution in [2.45, 2.75) is 19.0 Å². The van der Waals surface area contributed by atoms with Crippen molar-refractivity contribution in [2.24, 2.45) is 5.73 Å². The number of carboxylic acids is 2. The summed E-state index contributed by atoms with van der Waals surface area (Å²) in [6, 6.07) is 12.6. The number of para-hydroxylation sites is 1. The van der Waals surface area contributed by atoms with Gasteiger partial charge in [-0.2, -0.15) is 0 Å². The molecule has 13 nitrogen and oxygen atoms in total. The van der Waals surface area contributed by atoms with Gasteiger partial charge in [0.2, 0.25) is 6.79 Å². The molecule has 2 aromatic heterocycles. The van der Waals surface area contributed by atoms with Crippen LogP contribution in [0.2, 0.25) is 0 Å². The highest BCUT2D eigenvalue weighted by Crippen LogP contribution is 2.33. The Morgan fingerprint density at radius 2 is 1.80 bits per heavy atom. The number of aliphatic carboxylic acids is 2. The molecular formula is C27H28N6O7S. The van der Waals surface area contributed by atoms with Gasteiger partial charge in [-0.1, -0.05) is 18.2 Å². The standard InChI is InChI=1S/C23H21N5O3S.C4H7NO4/c32-23(24-12-15-5-6-18-19(11-15)30-14-29-18)28-9-7-27(8-10-28)22-21-20(25-13-26-22)16-3-1-2-4-17(16)31-21;5-2(4(8)9)1-3(6)7/h1-6,11,13H,7-10,12,14H2,(H,24,32);2H,1,5H2,(H,6,7)(H,8,9)/t;2-/m.0/s1. The number of carbonyl (C=O) groups is 2. The van der Waals surface area contributed by atoms with Crippen LogP contribution in [0.4, 0.5) is 5.82 Å². The van der Waals surface area contributed by atoms with Gasteiger partial charge in [-0.05, 0) is 42.0 Å². The summed E-state index contributed by atoms with van der Waals surface area (Å²) < 4.78 is 16.9. The molecule has 41 heavy (non-hydrogen) atoms. The number of fused-ring (bicyclic) bond motifs is 4. The molecule has 0 unspecified atom stereocenters. The first-order chi connectivity index (χ1) is 19.8. The molecule has 0 aliphatic carbocycles. The van der Waals surface area contributed by atoms with Crippen LogP contribution >= 0.6 is 12.2 Å². The SMILES string of the molecule is N[C@@H](CC(=O)O)C(=O)O.S=C(NCc1ccc2c(c1)OCO2)N1CCN(c2ncnc3c2oc2ccccc23)CC1. The number of carboxylic acid groups (broad SMARTS) is 2. The molecule has 2 aliphatic rings. The lowest BCUT2D eigenvalue weighted by Crippen LogP contribution is -2.51. The maximum Gasteiger partial charge on any atom is 0.321 e. The molecule has 0 spiro atoms. The minimum atomic E-state index is -1.29. The van der Waals surface area contributed by atoms with Gasteiger partial charge < -0.3 is 45.0 Å². The van der Waals surface area contributed by atoms with Gasteiger partial charge in [0, 0.05) is 38.1 Å². The Kier molecular flexibility index (Phi) is 8.31. The number of anilines is 1. The first kappa shape index (κ1) is 27.9. The highest BCUT2D eigenvalue weighted by molar-refractivity contribution is 7.80. The van der Waals surface area contributed by atoms with Crippen LogP contribution in [0.25, 0.3) is 22.1 Å². The van der Waals surface area contributed by atoms with Crippen molar-refractivity contribution in [2.75, 3.05) is 37.9 Å². The Morgan fingerprint density at radius 3 is 2.54 bits per heavy atom. The predicted molar refractivity (Wildman–Crippen MR) is 153 cm³/mol. The number of piperazine rings is 1. The second kappa shape index (κ2) is 12.2. The van der Waals surface area contributed by atoms with E-state index in [1.807, 2.05) is 42.5 Å². The Morgan fingerprint density at radius 1 is 1.05 bits per heavy atom. The van der Waals surface area contributed by atoms with E-state index in [0.717, 1.165) is 76.2 Å². The third-order valence-electron chi connectivity index (χ3n) is 6.60. The summed E-state index contributed by atoms with van der Waals surface area (Å²) >= 11 is 5.64. The first-order valence-corrected chi connectivity index (χ1v) is 13.2. The van der Waals surface area contributed by atoms with Gasteiger partial charge in [-0.3, -0.25) is 9.59 Å². The number of ether oxygens (including phenoxy) is 2. The summed E-state index contributed by atoms with van der Waals surface area (Å²) in [5.41, 5.74) is 8.36. The van der Waals surface area contributed by atoms with Crippen LogP contribution in [0, 0.1) is 0 Å². The number of aromatic nitrogens is 2. The lowest BCUT2D eigenvalue weighted by molar-refractivity contribution is -0.144. The molecule has 2 aromatic carbocycles. The monoisotopic (exact) mass is 580 g/mol. The molecule has 0 amide bonds. The van der Waals surface area contributed by atoms with Crippen molar-refractivity contribution in [1.82, 2.24) is 20.2 Å². The normalized spacial score (nSPS) is 14.9. The zero-order chi connectivity index (χ0) is 28.9. The molecule has 1 fully saturated rings. The van der Waals surface area contributed by atoms with Crippen LogP contribution < -0.4 is 25.4 Å². The summed E-state index contributed by atoms with van der Waals surface area (Å²) in [6.07, 6.45) is 1.08. The molecule has 14 heteroatoms. The van der Waals surface area contributed by atoms with E-state index in [1.54, 1.807) is 6.33 Å². The predicted octanol–water partition coefficient (Wildman–Crippen LogP) is 2.17. The zero-order valence-corrected chi connectivity index (χ0v) is 22.7. The van der Waals surface area contributed by atoms with E-state index >= 15 is 0 Å². The number of rotatable bonds is 6. The van der Waals surface area contributed by atoms with Gasteiger partial charge in [0.1, 0.15) is 23.5 Å². The molecule has 5 N–H and O–H groups in total. The van der Waals surface area contributed by atoms with Crippen molar-refractivity contribution < 1.29 is 33.7 Å². The second-order valence-corrected chi connectivity index (χ2v) is 9.72. The van der Waals surface area contributed by atoms with Crippen LogP contribution in [0.15, 0.2) is 53.2 Å². The molecule has 0 radical (unpaired) electrons. The highest BCUT2D eigenvalue weighted by Gasteiger charge is 2.24. The average molecular weight is 581 g/mol. The third-order valence-corrected chi connectivity index (χ3v) is 7.00. The second-order valence-electron chi connectivity index (χ2n) is 9.34. The topological polar surface area (TPSA) is 177 Å². The number of thiocarbonyl (C=S) groups is 1. The van der Waals surface area contributed by atoms with Crippen LogP contribution in [-0.2, 0) is 16.1 Å². The van der Waals surface area contributed by atoms with Crippen molar-refractivity contribution in [1.29, 1.82) is 0 Å². The summed E-state index contributed by atoms with van der Waals surface area (Å²) in [6.45, 7) is 4.13. The Hall–Kier alpha value is -4.69. The summed E-state index contributed by atoms with van der Waals surface area (Å²) in [4.78, 5) is 33.0. The fourth-order valence-corrected chi connectivity index (χ4v) is 4.73. The summed E-state index contributed by atoms with van der Waals surface area (Å²) in [5.74, 6) is -0.0892. The maximum atomic E-state index is 9.85. The average Bonchev–Trinajstić information content (AvgIpc) is 3.60. The summed E-state index contributed by atoms with van der Waals surface area (Å²) in [5, 5.41) is 21.2. The molecule has 214 valence electrons. The molecule has 1 saturated heterocycles. The number of nitrogens with two attached hydrogens (primary N) is 1. The molecule has 2 aliphatic heterocycles. The highest BCUT2D eigenvalue weighted by atomic mass is 32.1. The molecule has 0 saturated carbocycles. The number of benzene rings is 2. The molecular weight excluding hydrogens is 552 g/mol. The molecule has 1 atom stereocenters. The van der Waals surface area contributed by atoms with Gasteiger partial charge in [0.15, 0.2) is 28.0 Å². The van der Waals surface area contributed by atoms with Crippen LogP contribution in [-0.4, -0.2) is 81.1 Å². The number of nitrogens with zero attached hydrogens (tertiary/aromatic N) is 4. The molecule has 6 rings (SSSR count). The Balaban J connectivity index is 0.000000327. The largest absolute Gasteiger partial charge is 0.481 e. The quantitative estimate of drug-likeness (QED) is 0.244. The Bertz CT molecular complexity index is 1590. The Labute approximate surface area is 239 Å². The smallest absolute Gasteiger partial charge is 0.321 e. The van der Waals surface area contributed by atoms with E-state index in [0.29, 0.717) is 6.54 Å². The van der Waals surface area contributed by atoms with Gasteiger partial charge >= 0.3 is 11.9 Å². The van der Waals surface area contributed by atoms with Crippen molar-refractivity contribution in [3.8, 4) is 11.5 Å². The van der Waals surface area contributed by atoms with Gasteiger partial charge in [0.05, 0.1) is 6.42 Å². The van der Waals surface area contributed by atoms with Crippen molar-refractivity contribution in [3.63, 3.8) is 0 Å². The van der Waals surface area contributed by atoms with Crippen LogP contribution in [0.3, 0.4) is 0 Å². The zero-order valence-electron chi connectivity index (χ0n) is 21.9. The molecule has 4 heterocycles. The van der Waals surface area contributed by atoms with E-state index in [4.69, 9.17) is 42.1 Å². The molecule has 4 aromatic rings. The van der Waals surface area contributed by atoms with E-state index in [1.165, 1.54) is 0 Å².